The van der Waals surface area contributed by atoms with Gasteiger partial charge in [0, 0.05) is 12.0 Å². The fourth-order valence-corrected chi connectivity index (χ4v) is 3.07. The predicted molar refractivity (Wildman–Crippen MR) is 120 cm³/mol. The first-order valence-electron chi connectivity index (χ1n) is 10.3. The van der Waals surface area contributed by atoms with Crippen molar-refractivity contribution < 1.29 is 32.3 Å². The number of nitrogens with two attached hydrogens (primary N) is 2. The molecule has 3 aromatic rings. The van der Waals surface area contributed by atoms with Gasteiger partial charge >= 0.3 is 6.18 Å². The minimum Gasteiger partial charge on any atom is -0.457 e. The second-order valence-corrected chi connectivity index (χ2v) is 7.49. The van der Waals surface area contributed by atoms with E-state index in [0.717, 1.165) is 12.1 Å². The van der Waals surface area contributed by atoms with Crippen LogP contribution in [0.3, 0.4) is 0 Å². The Balaban J connectivity index is 1.69. The number of carbonyl (C=O) groups is 3. The molecule has 2 aromatic carbocycles. The molecule has 0 unspecified atom stereocenters. The molecule has 1 aromatic heterocycles. The Morgan fingerprint density at radius 3 is 2.06 bits per heavy atom. The molecule has 0 radical (unpaired) electrons. The fourth-order valence-electron chi connectivity index (χ4n) is 3.07. The van der Waals surface area contributed by atoms with Crippen molar-refractivity contribution in [2.45, 2.75) is 25.1 Å². The quantitative estimate of drug-likeness (QED) is 0.426. The van der Waals surface area contributed by atoms with Crippen molar-refractivity contribution in [2.75, 3.05) is 0 Å². The number of carbonyl (C=O) groups excluding carboxylic acids is 3. The fraction of sp³-hybridized carbons (Fsp3) is 0.167. The van der Waals surface area contributed by atoms with Crippen LogP contribution in [0.25, 0.3) is 11.3 Å². The van der Waals surface area contributed by atoms with E-state index in [2.05, 4.69) is 10.3 Å². The molecule has 11 heteroatoms. The number of hydrogen-bond donors (Lipinski definition) is 3. The summed E-state index contributed by atoms with van der Waals surface area (Å²) in [5.74, 6) is -1.46. The Labute approximate surface area is 198 Å². The molecule has 1 atom stereocenters. The number of pyridine rings is 1. The SMILES string of the molecule is NC(=O)CC[C@H](NC(=O)c1cccc(-c2ccc(Oc3ccc(C(F)(F)F)cc3)cc2)n1)C(N)=O. The van der Waals surface area contributed by atoms with Crippen LogP contribution in [0.1, 0.15) is 28.9 Å². The third kappa shape index (κ3) is 7.03. The molecule has 1 heterocycles. The van der Waals surface area contributed by atoms with Crippen LogP contribution >= 0.6 is 0 Å². The molecule has 3 amide bonds. The summed E-state index contributed by atoms with van der Waals surface area (Å²) in [6.07, 6.45) is -4.58. The molecule has 0 saturated heterocycles. The Morgan fingerprint density at radius 2 is 1.51 bits per heavy atom. The van der Waals surface area contributed by atoms with Crippen LogP contribution in [0.15, 0.2) is 66.7 Å². The highest BCUT2D eigenvalue weighted by atomic mass is 19.4. The molecule has 0 bridgehead atoms. The topological polar surface area (TPSA) is 137 Å². The summed E-state index contributed by atoms with van der Waals surface area (Å²) >= 11 is 0. The van der Waals surface area contributed by atoms with Crippen molar-refractivity contribution in [2.24, 2.45) is 11.5 Å². The van der Waals surface area contributed by atoms with Crippen molar-refractivity contribution in [1.29, 1.82) is 0 Å². The van der Waals surface area contributed by atoms with Crippen LogP contribution in [-0.2, 0) is 15.8 Å². The van der Waals surface area contributed by atoms with Crippen molar-refractivity contribution in [3.05, 3.63) is 78.0 Å². The van der Waals surface area contributed by atoms with E-state index in [-0.39, 0.29) is 24.3 Å². The monoisotopic (exact) mass is 486 g/mol. The van der Waals surface area contributed by atoms with E-state index < -0.39 is 35.5 Å². The highest BCUT2D eigenvalue weighted by Crippen LogP contribution is 2.31. The minimum atomic E-state index is -4.43. The van der Waals surface area contributed by atoms with E-state index in [1.54, 1.807) is 36.4 Å². The first-order chi connectivity index (χ1) is 16.5. The molecule has 3 rings (SSSR count). The molecule has 5 N–H and O–H groups in total. The zero-order valence-electron chi connectivity index (χ0n) is 18.2. The zero-order valence-corrected chi connectivity index (χ0v) is 18.2. The summed E-state index contributed by atoms with van der Waals surface area (Å²) in [5.41, 5.74) is 10.7. The van der Waals surface area contributed by atoms with Gasteiger partial charge in [0.1, 0.15) is 23.2 Å². The largest absolute Gasteiger partial charge is 0.457 e. The van der Waals surface area contributed by atoms with Gasteiger partial charge in [0.2, 0.25) is 11.8 Å². The predicted octanol–water partition coefficient (Wildman–Crippen LogP) is 3.41. The molecule has 0 spiro atoms. The number of primary amides is 2. The summed E-state index contributed by atoms with van der Waals surface area (Å²) in [6.45, 7) is 0. The number of amides is 3. The zero-order chi connectivity index (χ0) is 25.6. The van der Waals surface area contributed by atoms with Crippen LogP contribution < -0.4 is 21.5 Å². The molecule has 8 nitrogen and oxygen atoms in total. The highest BCUT2D eigenvalue weighted by molar-refractivity contribution is 5.96. The van der Waals surface area contributed by atoms with Crippen LogP contribution in [0.2, 0.25) is 0 Å². The van der Waals surface area contributed by atoms with Gasteiger partial charge in [-0.25, -0.2) is 4.98 Å². The maximum absolute atomic E-state index is 12.7. The average Bonchev–Trinajstić information content (AvgIpc) is 2.81. The molecule has 0 aliphatic rings. The lowest BCUT2D eigenvalue weighted by Crippen LogP contribution is -2.45. The number of nitrogens with zero attached hydrogens (tertiary/aromatic N) is 1. The molecule has 0 aliphatic heterocycles. The second kappa shape index (κ2) is 10.7. The van der Waals surface area contributed by atoms with Crippen LogP contribution in [-0.4, -0.2) is 28.7 Å². The number of aromatic nitrogens is 1. The number of benzene rings is 2. The molecule has 0 saturated carbocycles. The number of rotatable bonds is 9. The van der Waals surface area contributed by atoms with E-state index in [4.69, 9.17) is 16.2 Å². The molecular weight excluding hydrogens is 465 g/mol. The summed E-state index contributed by atoms with van der Waals surface area (Å²) < 4.78 is 43.6. The molecule has 35 heavy (non-hydrogen) atoms. The van der Waals surface area contributed by atoms with Crippen LogP contribution in [0, 0.1) is 0 Å². The normalized spacial score (nSPS) is 12.0. The number of alkyl halides is 3. The Kier molecular flexibility index (Phi) is 7.69. The lowest BCUT2D eigenvalue weighted by Gasteiger charge is -2.14. The Morgan fingerprint density at radius 1 is 0.914 bits per heavy atom. The summed E-state index contributed by atoms with van der Waals surface area (Å²) in [7, 11) is 0. The van der Waals surface area contributed by atoms with E-state index in [0.29, 0.717) is 17.0 Å². The van der Waals surface area contributed by atoms with Gasteiger partial charge in [-0.1, -0.05) is 6.07 Å². The smallest absolute Gasteiger partial charge is 0.416 e. The lowest BCUT2D eigenvalue weighted by molar-refractivity contribution is -0.137. The van der Waals surface area contributed by atoms with Gasteiger partial charge in [-0.15, -0.1) is 0 Å². The van der Waals surface area contributed by atoms with Gasteiger partial charge in [-0.05, 0) is 67.1 Å². The van der Waals surface area contributed by atoms with E-state index in [1.807, 2.05) is 0 Å². The standard InChI is InChI=1S/C24H21F3N4O4/c25-24(26,27)15-6-10-17(11-7-15)35-16-8-4-14(5-9-16)18-2-1-3-20(30-18)23(34)31-19(22(29)33)12-13-21(28)32/h1-11,19H,12-13H2,(H2,28,32)(H2,29,33)(H,31,34)/t19-/m0/s1. The van der Waals surface area contributed by atoms with Gasteiger partial charge in [-0.2, -0.15) is 13.2 Å². The van der Waals surface area contributed by atoms with Crippen LogP contribution in [0.4, 0.5) is 13.2 Å². The first-order valence-corrected chi connectivity index (χ1v) is 10.3. The second-order valence-electron chi connectivity index (χ2n) is 7.49. The van der Waals surface area contributed by atoms with Gasteiger partial charge < -0.3 is 21.5 Å². The van der Waals surface area contributed by atoms with Crippen LogP contribution in [0.5, 0.6) is 11.5 Å². The first kappa shape index (κ1) is 25.2. The average molecular weight is 486 g/mol. The van der Waals surface area contributed by atoms with E-state index in [1.165, 1.54) is 18.2 Å². The van der Waals surface area contributed by atoms with Gasteiger partial charge in [0.15, 0.2) is 0 Å². The van der Waals surface area contributed by atoms with E-state index >= 15 is 0 Å². The molecule has 0 aliphatic carbocycles. The van der Waals surface area contributed by atoms with Crippen molar-refractivity contribution in [3.8, 4) is 22.8 Å². The van der Waals surface area contributed by atoms with Crippen molar-refractivity contribution in [1.82, 2.24) is 10.3 Å². The summed E-state index contributed by atoms with van der Waals surface area (Å²) in [5, 5.41) is 2.44. The lowest BCUT2D eigenvalue weighted by atomic mass is 10.1. The highest BCUT2D eigenvalue weighted by Gasteiger charge is 2.30. The maximum Gasteiger partial charge on any atom is 0.416 e. The van der Waals surface area contributed by atoms with Crippen molar-refractivity contribution in [3.63, 3.8) is 0 Å². The minimum absolute atomic E-state index is 0.0258. The Hall–Kier alpha value is -4.41. The van der Waals surface area contributed by atoms with Crippen molar-refractivity contribution >= 4 is 17.7 Å². The molecule has 182 valence electrons. The van der Waals surface area contributed by atoms with Gasteiger partial charge in [0.05, 0.1) is 11.3 Å². The van der Waals surface area contributed by atoms with Gasteiger partial charge in [0.25, 0.3) is 5.91 Å². The number of ether oxygens (including phenoxy) is 1. The third-order valence-corrected chi connectivity index (χ3v) is 4.88. The maximum atomic E-state index is 12.7. The summed E-state index contributed by atoms with van der Waals surface area (Å²) in [4.78, 5) is 39.4. The third-order valence-electron chi connectivity index (χ3n) is 4.88. The molecule has 0 fully saturated rings. The molecular formula is C24H21F3N4O4. The number of nitrogens with one attached hydrogen (secondary N) is 1. The number of halogens is 3. The Bertz CT molecular complexity index is 1210. The summed E-state index contributed by atoms with van der Waals surface area (Å²) in [6, 6.07) is 14.5. The number of hydrogen-bond acceptors (Lipinski definition) is 5. The van der Waals surface area contributed by atoms with E-state index in [9.17, 15) is 27.6 Å². The van der Waals surface area contributed by atoms with Gasteiger partial charge in [-0.3, -0.25) is 14.4 Å².